The summed E-state index contributed by atoms with van der Waals surface area (Å²) < 4.78 is 15.5. The van der Waals surface area contributed by atoms with Crippen molar-refractivity contribution in [2.75, 3.05) is 13.2 Å². The van der Waals surface area contributed by atoms with Gasteiger partial charge in [-0.25, -0.2) is 0 Å². The molecule has 0 bridgehead atoms. The minimum atomic E-state index is -3.32. The van der Waals surface area contributed by atoms with Gasteiger partial charge in [0, 0.05) is 5.56 Å². The summed E-state index contributed by atoms with van der Waals surface area (Å²) in [5, 5.41) is 0. The summed E-state index contributed by atoms with van der Waals surface area (Å²) in [5.74, 6) is 0.374. The lowest BCUT2D eigenvalue weighted by Crippen LogP contribution is -2.09. The van der Waals surface area contributed by atoms with Crippen LogP contribution in [-0.4, -0.2) is 23.9 Å². The first-order valence-electron chi connectivity index (χ1n) is 5.72. The average molecular weight is 273 g/mol. The molecule has 18 heavy (non-hydrogen) atoms. The maximum atomic E-state index is 11.1. The molecule has 1 rings (SSSR count). The number of carbonyl (C=O) groups excluding carboxylic acids is 1. The zero-order valence-electron chi connectivity index (χ0n) is 10.8. The van der Waals surface area contributed by atoms with E-state index < -0.39 is 8.17 Å². The van der Waals surface area contributed by atoms with Crippen molar-refractivity contribution in [1.82, 2.24) is 0 Å². The second-order valence-corrected chi connectivity index (χ2v) is 5.11. The number of carbonyl (C=O) groups is 1. The zero-order valence-corrected chi connectivity index (χ0v) is 11.6. The molecule has 1 aromatic rings. The van der Waals surface area contributed by atoms with Crippen molar-refractivity contribution >= 4 is 14.0 Å². The molecule has 0 atom stereocenters. The SMILES string of the molecule is CCO[P+](O)(OCC)Oc1ccc(C(C)=O)cc1. The van der Waals surface area contributed by atoms with Crippen molar-refractivity contribution < 1.29 is 23.3 Å². The molecule has 0 aliphatic heterocycles. The lowest BCUT2D eigenvalue weighted by molar-refractivity contribution is 0.101. The molecule has 100 valence electrons. The van der Waals surface area contributed by atoms with Gasteiger partial charge in [-0.15, -0.1) is 9.05 Å². The molecule has 0 spiro atoms. The van der Waals surface area contributed by atoms with E-state index in [1.54, 1.807) is 38.1 Å². The molecule has 1 aromatic carbocycles. The molecular formula is C12H18O5P+. The van der Waals surface area contributed by atoms with Crippen LogP contribution < -0.4 is 4.52 Å². The number of Topliss-reactive ketones (excluding diaryl/α,β-unsaturated/α-hetero) is 1. The largest absolute Gasteiger partial charge is 0.619 e. The Bertz CT molecular complexity index is 384. The highest BCUT2D eigenvalue weighted by Gasteiger charge is 2.45. The molecule has 0 saturated carbocycles. The van der Waals surface area contributed by atoms with E-state index in [1.807, 2.05) is 0 Å². The first kappa shape index (κ1) is 15.1. The Labute approximate surface area is 107 Å². The van der Waals surface area contributed by atoms with Crippen molar-refractivity contribution in [3.8, 4) is 5.75 Å². The van der Waals surface area contributed by atoms with Crippen molar-refractivity contribution in [2.24, 2.45) is 0 Å². The molecule has 5 nitrogen and oxygen atoms in total. The summed E-state index contributed by atoms with van der Waals surface area (Å²) in [5.41, 5.74) is 0.581. The Morgan fingerprint density at radius 2 is 1.67 bits per heavy atom. The van der Waals surface area contributed by atoms with Crippen molar-refractivity contribution in [2.45, 2.75) is 20.8 Å². The van der Waals surface area contributed by atoms with Gasteiger partial charge in [0.25, 0.3) is 0 Å². The van der Waals surface area contributed by atoms with E-state index >= 15 is 0 Å². The molecule has 0 amide bonds. The third-order valence-corrected chi connectivity index (χ3v) is 3.68. The van der Waals surface area contributed by atoms with E-state index in [1.165, 1.54) is 6.92 Å². The van der Waals surface area contributed by atoms with E-state index in [2.05, 4.69) is 0 Å². The van der Waals surface area contributed by atoms with Gasteiger partial charge in [0.05, 0.1) is 13.2 Å². The van der Waals surface area contributed by atoms with Crippen LogP contribution in [0.2, 0.25) is 0 Å². The predicted octanol–water partition coefficient (Wildman–Crippen LogP) is 3.01. The molecular weight excluding hydrogens is 255 g/mol. The molecule has 0 fully saturated rings. The lowest BCUT2D eigenvalue weighted by Gasteiger charge is -2.13. The number of rotatable bonds is 7. The van der Waals surface area contributed by atoms with Gasteiger partial charge in [-0.2, -0.15) is 4.89 Å². The van der Waals surface area contributed by atoms with E-state index in [9.17, 15) is 9.69 Å². The van der Waals surface area contributed by atoms with Crippen LogP contribution in [0.1, 0.15) is 31.1 Å². The van der Waals surface area contributed by atoms with Gasteiger partial charge in [0.15, 0.2) is 11.5 Å². The second-order valence-electron chi connectivity index (χ2n) is 3.48. The van der Waals surface area contributed by atoms with Gasteiger partial charge in [-0.05, 0) is 45.0 Å². The van der Waals surface area contributed by atoms with Crippen molar-refractivity contribution in [3.63, 3.8) is 0 Å². The quantitative estimate of drug-likeness (QED) is 0.611. The molecule has 0 aliphatic carbocycles. The Morgan fingerprint density at radius 1 is 1.17 bits per heavy atom. The van der Waals surface area contributed by atoms with Gasteiger partial charge in [-0.3, -0.25) is 9.32 Å². The standard InChI is InChI=1S/C12H18O5P/c1-4-15-18(14,16-5-2)17-12-8-6-11(7-9-12)10(3)13/h6-9,14H,4-5H2,1-3H3/q+1. The highest BCUT2D eigenvalue weighted by molar-refractivity contribution is 7.55. The number of hydrogen-bond donors (Lipinski definition) is 1. The molecule has 1 N–H and O–H groups in total. The average Bonchev–Trinajstić information content (AvgIpc) is 2.30. The van der Waals surface area contributed by atoms with E-state index in [0.717, 1.165) is 0 Å². The van der Waals surface area contributed by atoms with Gasteiger partial charge in [0.2, 0.25) is 0 Å². The molecule has 0 aromatic heterocycles. The highest BCUT2D eigenvalue weighted by Crippen LogP contribution is 2.57. The lowest BCUT2D eigenvalue weighted by atomic mass is 10.1. The summed E-state index contributed by atoms with van der Waals surface area (Å²) in [7, 11) is -3.32. The predicted molar refractivity (Wildman–Crippen MR) is 69.5 cm³/mol. The van der Waals surface area contributed by atoms with Crippen LogP contribution in [-0.2, 0) is 9.05 Å². The summed E-state index contributed by atoms with van der Waals surface area (Å²) in [6.07, 6.45) is 0. The maximum Gasteiger partial charge on any atom is 0.619 e. The highest BCUT2D eigenvalue weighted by atomic mass is 31.2. The molecule has 0 heterocycles. The van der Waals surface area contributed by atoms with E-state index in [0.29, 0.717) is 11.3 Å². The van der Waals surface area contributed by atoms with Crippen LogP contribution in [0.25, 0.3) is 0 Å². The van der Waals surface area contributed by atoms with Crippen LogP contribution in [0.15, 0.2) is 24.3 Å². The normalized spacial score (nSPS) is 11.3. The van der Waals surface area contributed by atoms with Gasteiger partial charge < -0.3 is 0 Å². The third-order valence-electron chi connectivity index (χ3n) is 2.07. The van der Waals surface area contributed by atoms with Crippen LogP contribution in [0.5, 0.6) is 5.75 Å². The van der Waals surface area contributed by atoms with E-state index in [4.69, 9.17) is 13.6 Å². The van der Waals surface area contributed by atoms with Crippen molar-refractivity contribution in [1.29, 1.82) is 0 Å². The fourth-order valence-electron chi connectivity index (χ4n) is 1.30. The topological polar surface area (TPSA) is 65.0 Å². The Kier molecular flexibility index (Phi) is 5.69. The van der Waals surface area contributed by atoms with Crippen LogP contribution >= 0.6 is 8.17 Å². The minimum absolute atomic E-state index is 0.0266. The molecule has 0 radical (unpaired) electrons. The van der Waals surface area contributed by atoms with E-state index in [-0.39, 0.29) is 19.0 Å². The summed E-state index contributed by atoms with van der Waals surface area (Å²) in [4.78, 5) is 21.1. The molecule has 0 saturated heterocycles. The smallest absolute Gasteiger partial charge is 0.295 e. The fraction of sp³-hybridized carbons (Fsp3) is 0.417. The summed E-state index contributed by atoms with van der Waals surface area (Å²) in [6, 6.07) is 6.44. The maximum absolute atomic E-state index is 11.1. The Hall–Kier alpha value is -1.00. The third kappa shape index (κ3) is 4.35. The first-order valence-corrected chi connectivity index (χ1v) is 7.21. The number of hydrogen-bond acceptors (Lipinski definition) is 5. The van der Waals surface area contributed by atoms with Crippen LogP contribution in [0, 0.1) is 0 Å². The van der Waals surface area contributed by atoms with Gasteiger partial charge >= 0.3 is 8.17 Å². The van der Waals surface area contributed by atoms with Crippen LogP contribution in [0.4, 0.5) is 0 Å². The Morgan fingerprint density at radius 3 is 2.06 bits per heavy atom. The second kappa shape index (κ2) is 6.81. The molecule has 0 unspecified atom stereocenters. The number of ketones is 1. The first-order chi connectivity index (χ1) is 8.50. The van der Waals surface area contributed by atoms with Gasteiger partial charge in [-0.1, -0.05) is 0 Å². The molecule has 0 aliphatic rings. The molecule has 6 heteroatoms. The van der Waals surface area contributed by atoms with Crippen LogP contribution in [0.3, 0.4) is 0 Å². The Balaban J connectivity index is 2.77. The van der Waals surface area contributed by atoms with Gasteiger partial charge in [0.1, 0.15) is 0 Å². The monoisotopic (exact) mass is 273 g/mol. The number of benzene rings is 1. The van der Waals surface area contributed by atoms with Crippen molar-refractivity contribution in [3.05, 3.63) is 29.8 Å². The zero-order chi connectivity index (χ0) is 13.6. The summed E-state index contributed by atoms with van der Waals surface area (Å²) in [6.45, 7) is 5.55. The fourth-order valence-corrected chi connectivity index (χ4v) is 2.52. The summed E-state index contributed by atoms with van der Waals surface area (Å²) >= 11 is 0. The minimum Gasteiger partial charge on any atom is -0.295 e.